The van der Waals surface area contributed by atoms with Gasteiger partial charge in [-0.2, -0.15) is 14.9 Å². The molecule has 2 N–H and O–H groups in total. The van der Waals surface area contributed by atoms with Gasteiger partial charge in [0.25, 0.3) is 11.8 Å². The summed E-state index contributed by atoms with van der Waals surface area (Å²) in [5.41, 5.74) is 2.80. The van der Waals surface area contributed by atoms with E-state index in [0.29, 0.717) is 37.2 Å². The summed E-state index contributed by atoms with van der Waals surface area (Å²) in [6.07, 6.45) is -2.28. The van der Waals surface area contributed by atoms with Crippen molar-refractivity contribution >= 4 is 23.5 Å². The molecule has 49 heavy (non-hydrogen) atoms. The third kappa shape index (κ3) is 8.80. The molecule has 15 heteroatoms. The van der Waals surface area contributed by atoms with Gasteiger partial charge in [-0.3, -0.25) is 24.2 Å². The summed E-state index contributed by atoms with van der Waals surface area (Å²) >= 11 is 0. The third-order valence-corrected chi connectivity index (χ3v) is 7.90. The van der Waals surface area contributed by atoms with Gasteiger partial charge in [-0.25, -0.2) is 4.68 Å². The first kappa shape index (κ1) is 35.0. The molecule has 0 saturated carbocycles. The number of likely N-dealkylation sites (N-methyl/N-ethyl adjacent to an activating group) is 1. The van der Waals surface area contributed by atoms with Crippen molar-refractivity contribution in [3.05, 3.63) is 108 Å². The fourth-order valence-electron chi connectivity index (χ4n) is 5.41. The molecule has 3 amide bonds. The van der Waals surface area contributed by atoms with Gasteiger partial charge in [-0.1, -0.05) is 55.1 Å². The molecule has 0 bridgehead atoms. The van der Waals surface area contributed by atoms with Crippen LogP contribution < -0.4 is 15.5 Å². The molecule has 0 aliphatic carbocycles. The van der Waals surface area contributed by atoms with E-state index in [1.807, 2.05) is 60.7 Å². The summed E-state index contributed by atoms with van der Waals surface area (Å²) in [5, 5.41) is 13.0. The van der Waals surface area contributed by atoms with Crippen molar-refractivity contribution in [2.75, 3.05) is 44.3 Å². The summed E-state index contributed by atoms with van der Waals surface area (Å²) in [6.45, 7) is 10.4. The van der Waals surface area contributed by atoms with Crippen molar-refractivity contribution in [2.45, 2.75) is 32.2 Å². The van der Waals surface area contributed by atoms with Crippen LogP contribution in [0.15, 0.2) is 91.3 Å². The number of ether oxygens (including phenoxy) is 1. The van der Waals surface area contributed by atoms with Gasteiger partial charge in [0.15, 0.2) is 0 Å². The number of alkyl halides is 3. The smallest absolute Gasteiger partial charge is 0.379 e. The van der Waals surface area contributed by atoms with E-state index in [1.54, 1.807) is 17.8 Å². The second kappa shape index (κ2) is 15.7. The summed E-state index contributed by atoms with van der Waals surface area (Å²) in [4.78, 5) is 41.0. The Morgan fingerprint density at radius 2 is 1.69 bits per heavy atom. The van der Waals surface area contributed by atoms with E-state index in [4.69, 9.17) is 4.74 Å². The number of hydrogen-bond donors (Lipinski definition) is 2. The predicted molar refractivity (Wildman–Crippen MR) is 175 cm³/mol. The number of nitrogens with zero attached hydrogens (tertiary/aromatic N) is 6. The van der Waals surface area contributed by atoms with Crippen molar-refractivity contribution in [2.24, 2.45) is 0 Å². The van der Waals surface area contributed by atoms with Crippen molar-refractivity contribution in [3.8, 4) is 5.69 Å². The zero-order chi connectivity index (χ0) is 35.0. The maximum absolute atomic E-state index is 13.0. The fourth-order valence-corrected chi connectivity index (χ4v) is 5.41. The number of halogens is 3. The molecule has 0 radical (unpaired) electrons. The SMILES string of the molecule is C=C(CN1CCOCC1)C(=O)NCc1ccccc1.CCN1C(=O)C(NC(=O)c2ccn(C(F)(F)F)n2)Cc2cnn(-c3ccccc3)c21. The molecule has 1 saturated heterocycles. The minimum Gasteiger partial charge on any atom is -0.379 e. The predicted octanol–water partition coefficient (Wildman–Crippen LogP) is 3.44. The monoisotopic (exact) mass is 678 g/mol. The molecular weight excluding hydrogens is 641 g/mol. The average Bonchev–Trinajstić information content (AvgIpc) is 3.78. The Hall–Kier alpha value is -5.28. The standard InChI is InChI=1S/C19H17F3N6O2.C15H20N2O2/c1-2-26-17-12(11-23-28(17)13-6-4-3-5-7-13)10-15(18(26)30)24-16(29)14-8-9-27(25-14)19(20,21)22;1-13(12-17-7-9-19-10-8-17)15(18)16-11-14-5-3-2-4-6-14/h3-9,11,15H,2,10H2,1H3,(H,24,29);2-6H,1,7-12H2,(H,16,18). The molecule has 258 valence electrons. The minimum absolute atomic E-state index is 0.0738. The van der Waals surface area contributed by atoms with E-state index in [2.05, 4.69) is 32.3 Å². The minimum atomic E-state index is -4.72. The lowest BCUT2D eigenvalue weighted by atomic mass is 10.0. The van der Waals surface area contributed by atoms with Crippen LogP contribution in [0.5, 0.6) is 0 Å². The van der Waals surface area contributed by atoms with Gasteiger partial charge in [0.1, 0.15) is 17.6 Å². The maximum atomic E-state index is 13.0. The lowest BCUT2D eigenvalue weighted by Gasteiger charge is -2.32. The zero-order valence-electron chi connectivity index (χ0n) is 26.9. The van der Waals surface area contributed by atoms with E-state index < -0.39 is 23.9 Å². The van der Waals surface area contributed by atoms with Crippen LogP contribution in [0.2, 0.25) is 0 Å². The molecule has 1 atom stereocenters. The second-order valence-corrected chi connectivity index (χ2v) is 11.3. The normalized spacial score (nSPS) is 16.3. The Morgan fingerprint density at radius 1 is 1.02 bits per heavy atom. The number of para-hydroxylation sites is 1. The number of carbonyl (C=O) groups excluding carboxylic acids is 3. The first-order valence-corrected chi connectivity index (χ1v) is 15.7. The van der Waals surface area contributed by atoms with E-state index in [1.165, 1.54) is 4.90 Å². The van der Waals surface area contributed by atoms with Gasteiger partial charge in [0.2, 0.25) is 5.91 Å². The molecule has 4 heterocycles. The number of rotatable bonds is 9. The summed E-state index contributed by atoms with van der Waals surface area (Å²) < 4.78 is 44.7. The highest BCUT2D eigenvalue weighted by atomic mass is 19.4. The van der Waals surface area contributed by atoms with Crippen LogP contribution in [0.3, 0.4) is 0 Å². The molecule has 12 nitrogen and oxygen atoms in total. The molecule has 6 rings (SSSR count). The number of aromatic nitrogens is 4. The molecule has 1 fully saturated rings. The number of nitrogens with one attached hydrogen (secondary N) is 2. The molecule has 4 aromatic rings. The molecule has 2 aromatic heterocycles. The van der Waals surface area contributed by atoms with E-state index in [-0.39, 0.29) is 22.9 Å². The van der Waals surface area contributed by atoms with Crippen molar-refractivity contribution in [1.82, 2.24) is 35.1 Å². The molecule has 2 aromatic carbocycles. The van der Waals surface area contributed by atoms with Crippen molar-refractivity contribution < 1.29 is 32.3 Å². The van der Waals surface area contributed by atoms with Crippen LogP contribution in [0, 0.1) is 0 Å². The fraction of sp³-hybridized carbons (Fsp3) is 0.324. The average molecular weight is 679 g/mol. The number of benzene rings is 2. The number of amides is 3. The summed E-state index contributed by atoms with van der Waals surface area (Å²) in [7, 11) is 0. The Labute approximate surface area is 281 Å². The molecule has 2 aliphatic rings. The highest BCUT2D eigenvalue weighted by molar-refractivity contribution is 6.03. The topological polar surface area (TPSA) is 127 Å². The van der Waals surface area contributed by atoms with Gasteiger partial charge in [0.05, 0.1) is 25.1 Å². The van der Waals surface area contributed by atoms with Crippen molar-refractivity contribution in [3.63, 3.8) is 0 Å². The number of carbonyl (C=O) groups is 3. The van der Waals surface area contributed by atoms with Gasteiger partial charge in [0, 0.05) is 56.5 Å². The largest absolute Gasteiger partial charge is 0.504 e. The second-order valence-electron chi connectivity index (χ2n) is 11.3. The lowest BCUT2D eigenvalue weighted by Crippen LogP contribution is -2.53. The summed E-state index contributed by atoms with van der Waals surface area (Å²) in [5.74, 6) is -0.687. The zero-order valence-corrected chi connectivity index (χ0v) is 26.9. The summed E-state index contributed by atoms with van der Waals surface area (Å²) in [6, 6.07) is 19.2. The van der Waals surface area contributed by atoms with Crippen LogP contribution in [-0.4, -0.2) is 87.6 Å². The van der Waals surface area contributed by atoms with E-state index in [0.717, 1.165) is 49.2 Å². The molecule has 0 spiro atoms. The first-order valence-electron chi connectivity index (χ1n) is 15.7. The highest BCUT2D eigenvalue weighted by Crippen LogP contribution is 2.30. The Balaban J connectivity index is 0.000000212. The van der Waals surface area contributed by atoms with Crippen LogP contribution in [0.25, 0.3) is 5.69 Å². The number of morpholine rings is 1. The van der Waals surface area contributed by atoms with E-state index >= 15 is 0 Å². The van der Waals surface area contributed by atoms with Crippen LogP contribution in [0.1, 0.15) is 28.5 Å². The molecule has 1 unspecified atom stereocenters. The van der Waals surface area contributed by atoms with Crippen LogP contribution in [0.4, 0.5) is 19.0 Å². The lowest BCUT2D eigenvalue weighted by molar-refractivity contribution is -0.212. The Bertz CT molecular complexity index is 1750. The Kier molecular flexibility index (Phi) is 11.3. The first-order chi connectivity index (χ1) is 23.5. The third-order valence-electron chi connectivity index (χ3n) is 7.90. The highest BCUT2D eigenvalue weighted by Gasteiger charge is 2.37. The maximum Gasteiger partial charge on any atom is 0.504 e. The number of anilines is 1. The van der Waals surface area contributed by atoms with Crippen molar-refractivity contribution in [1.29, 1.82) is 0 Å². The molecular formula is C34H37F3N8O4. The Morgan fingerprint density at radius 3 is 2.33 bits per heavy atom. The number of hydrogen-bond acceptors (Lipinski definition) is 7. The molecule has 2 aliphatic heterocycles. The quantitative estimate of drug-likeness (QED) is 0.260. The van der Waals surface area contributed by atoms with Crippen LogP contribution >= 0.6 is 0 Å². The van der Waals surface area contributed by atoms with E-state index in [9.17, 15) is 27.6 Å². The van der Waals surface area contributed by atoms with Gasteiger partial charge in [-0.05, 0) is 30.7 Å². The van der Waals surface area contributed by atoms with Gasteiger partial charge >= 0.3 is 6.30 Å². The van der Waals surface area contributed by atoms with Gasteiger partial charge < -0.3 is 15.4 Å². The van der Waals surface area contributed by atoms with Crippen LogP contribution in [-0.2, 0) is 33.6 Å². The number of fused-ring (bicyclic) bond motifs is 1. The van der Waals surface area contributed by atoms with Gasteiger partial charge in [-0.15, -0.1) is 13.2 Å².